The van der Waals surface area contributed by atoms with E-state index in [1.807, 2.05) is 91.0 Å². The lowest BCUT2D eigenvalue weighted by atomic mass is 10.3. The third-order valence-electron chi connectivity index (χ3n) is 4.90. The average molecular weight is 543 g/mol. The van der Waals surface area contributed by atoms with E-state index in [-0.39, 0.29) is 5.29 Å². The highest BCUT2D eigenvalue weighted by molar-refractivity contribution is 7.97. The van der Waals surface area contributed by atoms with Crippen LogP contribution in [0, 0.1) is 0 Å². The van der Waals surface area contributed by atoms with Crippen molar-refractivity contribution in [1.29, 1.82) is 0 Å². The molecule has 1 amide bonds. The molecule has 0 saturated carbocycles. The fourth-order valence-corrected chi connectivity index (χ4v) is 8.06. The second-order valence-corrected chi connectivity index (χ2v) is 13.0. The lowest BCUT2D eigenvalue weighted by molar-refractivity contribution is -0.133. The summed E-state index contributed by atoms with van der Waals surface area (Å²) in [6.07, 6.45) is 0. The van der Waals surface area contributed by atoms with Gasteiger partial charge in [0.25, 0.3) is 5.91 Å². The van der Waals surface area contributed by atoms with Crippen molar-refractivity contribution in [2.45, 2.75) is 9.29 Å². The second kappa shape index (κ2) is 11.0. The maximum absolute atomic E-state index is 13.7. The van der Waals surface area contributed by atoms with Crippen molar-refractivity contribution in [3.05, 3.63) is 91.0 Å². The van der Waals surface area contributed by atoms with Crippen molar-refractivity contribution < 1.29 is 14.3 Å². The lowest BCUT2D eigenvalue weighted by Gasteiger charge is -2.32. The predicted octanol–water partition coefficient (Wildman–Crippen LogP) is 4.38. The number of halogens is 4. The topological polar surface area (TPSA) is 55.4 Å². The summed E-state index contributed by atoms with van der Waals surface area (Å²) in [7, 11) is 1.22. The van der Waals surface area contributed by atoms with Crippen molar-refractivity contribution >= 4 is 86.4 Å². The molecule has 9 heteroatoms. The normalized spacial score (nSPS) is 12.5. The minimum Gasteiger partial charge on any atom is -0.465 e. The van der Waals surface area contributed by atoms with Crippen molar-refractivity contribution in [1.82, 2.24) is 5.32 Å². The number of carbonyl (C=O) groups is 2. The molecule has 3 aromatic rings. The van der Waals surface area contributed by atoms with Crippen molar-refractivity contribution in [3.63, 3.8) is 0 Å². The molecule has 33 heavy (non-hydrogen) atoms. The Hall–Kier alpha value is -1.94. The Morgan fingerprint density at radius 1 is 0.788 bits per heavy atom. The Morgan fingerprint density at radius 3 is 1.45 bits per heavy atom. The molecule has 3 rings (SSSR count). The third kappa shape index (κ3) is 5.42. The van der Waals surface area contributed by atoms with Gasteiger partial charge < -0.3 is 10.1 Å². The molecular formula is C24H20Cl4NO3P. The van der Waals surface area contributed by atoms with Gasteiger partial charge in [0.2, 0.25) is 3.79 Å². The number of alkyl halides is 4. The van der Waals surface area contributed by atoms with E-state index in [2.05, 4.69) is 5.32 Å². The van der Waals surface area contributed by atoms with Crippen molar-refractivity contribution in [3.8, 4) is 0 Å². The Kier molecular flexibility index (Phi) is 8.55. The molecule has 0 aliphatic heterocycles. The zero-order valence-electron chi connectivity index (χ0n) is 17.4. The van der Waals surface area contributed by atoms with Crippen LogP contribution in [0.25, 0.3) is 0 Å². The molecule has 0 radical (unpaired) electrons. The van der Waals surface area contributed by atoms with Gasteiger partial charge in [-0.05, 0) is 22.8 Å². The summed E-state index contributed by atoms with van der Waals surface area (Å²) < 4.78 is 3.13. The summed E-state index contributed by atoms with van der Waals surface area (Å²) >= 11 is 23.8. The number of methoxy groups -OCH3 is 1. The van der Waals surface area contributed by atoms with Crippen molar-refractivity contribution in [2.24, 2.45) is 0 Å². The molecule has 1 N–H and O–H groups in total. The summed E-state index contributed by atoms with van der Waals surface area (Å²) in [4.78, 5) is 27.0. The van der Waals surface area contributed by atoms with Crippen LogP contribution in [-0.2, 0) is 14.3 Å². The second-order valence-electron chi connectivity index (χ2n) is 6.90. The first kappa shape index (κ1) is 25.7. The first-order chi connectivity index (χ1) is 15.7. The van der Waals surface area contributed by atoms with Gasteiger partial charge >= 0.3 is 5.97 Å². The van der Waals surface area contributed by atoms with Gasteiger partial charge in [0.1, 0.15) is 5.29 Å². The number of benzene rings is 3. The molecule has 1 unspecified atom stereocenters. The zero-order valence-corrected chi connectivity index (χ0v) is 21.3. The first-order valence-corrected chi connectivity index (χ1v) is 13.1. The molecule has 0 aliphatic carbocycles. The average Bonchev–Trinajstić information content (AvgIpc) is 2.83. The quantitative estimate of drug-likeness (QED) is 0.165. The van der Waals surface area contributed by atoms with Crippen LogP contribution in [0.3, 0.4) is 0 Å². The van der Waals surface area contributed by atoms with Crippen LogP contribution in [0.1, 0.15) is 0 Å². The summed E-state index contributed by atoms with van der Waals surface area (Å²) in [6, 6.07) is 28.0. The Balaban J connectivity index is 2.52. The fourth-order valence-electron chi connectivity index (χ4n) is 3.53. The molecule has 1 atom stereocenters. The van der Waals surface area contributed by atoms with Gasteiger partial charge in [0.05, 0.1) is 7.11 Å². The molecule has 0 bridgehead atoms. The van der Waals surface area contributed by atoms with Gasteiger partial charge in [0.15, 0.2) is 5.50 Å². The first-order valence-electron chi connectivity index (χ1n) is 9.76. The highest BCUT2D eigenvalue weighted by atomic mass is 35.6. The van der Waals surface area contributed by atoms with E-state index in [0.717, 1.165) is 15.9 Å². The lowest BCUT2D eigenvalue weighted by Crippen LogP contribution is -2.48. The minimum absolute atomic E-state index is 0.117. The zero-order chi connectivity index (χ0) is 24.1. The molecule has 0 aromatic heterocycles. The highest BCUT2D eigenvalue weighted by Gasteiger charge is 2.40. The standard InChI is InChI=1S/C24H20Cl4NO3P/c1-32-22(31)20(21(30)29-23(25)24(26,27)28)33(17-11-5-2-6-12-17,18-13-7-3-8-14-18)19-15-9-4-10-16-19/h2-16,23H,1H3,(H,29,30). The highest BCUT2D eigenvalue weighted by Crippen LogP contribution is 2.46. The van der Waals surface area contributed by atoms with Gasteiger partial charge in [-0.2, -0.15) is 0 Å². The van der Waals surface area contributed by atoms with Crippen LogP contribution in [-0.4, -0.2) is 33.6 Å². The number of ether oxygens (including phenoxy) is 1. The largest absolute Gasteiger partial charge is 0.465 e. The van der Waals surface area contributed by atoms with E-state index in [9.17, 15) is 9.59 Å². The maximum atomic E-state index is 13.7. The third-order valence-corrected chi connectivity index (χ3v) is 10.6. The van der Waals surface area contributed by atoms with E-state index in [1.54, 1.807) is 0 Å². The summed E-state index contributed by atoms with van der Waals surface area (Å²) in [5.74, 6) is -1.58. The van der Waals surface area contributed by atoms with Gasteiger partial charge in [0, 0.05) is 0 Å². The van der Waals surface area contributed by atoms with E-state index in [4.69, 9.17) is 51.1 Å². The number of rotatable bonds is 6. The number of esters is 1. The van der Waals surface area contributed by atoms with Crippen LogP contribution >= 0.6 is 53.3 Å². The van der Waals surface area contributed by atoms with Crippen LogP contribution < -0.4 is 21.2 Å². The van der Waals surface area contributed by atoms with Crippen LogP contribution in [0.5, 0.6) is 0 Å². The molecule has 172 valence electrons. The summed E-state index contributed by atoms with van der Waals surface area (Å²) in [5, 5.41) is 4.68. The number of carbonyl (C=O) groups excluding carboxylic acids is 2. The molecule has 0 fully saturated rings. The van der Waals surface area contributed by atoms with Gasteiger partial charge in [-0.3, -0.25) is 4.79 Å². The molecule has 0 heterocycles. The SMILES string of the molecule is COC(=O)C(C(=O)NC(Cl)C(Cl)(Cl)Cl)=P(c1ccccc1)(c1ccccc1)c1ccccc1. The van der Waals surface area contributed by atoms with Crippen LogP contribution in [0.2, 0.25) is 0 Å². The Bertz CT molecular complexity index is 1060. The smallest absolute Gasteiger partial charge is 0.344 e. The molecule has 0 aliphatic rings. The fraction of sp³-hybridized carbons (Fsp3) is 0.125. The van der Waals surface area contributed by atoms with E-state index in [0.29, 0.717) is 0 Å². The molecular weight excluding hydrogens is 523 g/mol. The van der Waals surface area contributed by atoms with Crippen molar-refractivity contribution in [2.75, 3.05) is 7.11 Å². The summed E-state index contributed by atoms with van der Waals surface area (Å²) in [5.41, 5.74) is -1.39. The number of nitrogens with one attached hydrogen (secondary N) is 1. The minimum atomic E-state index is -3.06. The van der Waals surface area contributed by atoms with Crippen LogP contribution in [0.15, 0.2) is 91.0 Å². The number of amides is 1. The van der Waals surface area contributed by atoms with E-state index < -0.39 is 28.1 Å². The van der Waals surface area contributed by atoms with E-state index in [1.165, 1.54) is 7.11 Å². The maximum Gasteiger partial charge on any atom is 0.344 e. The Labute approximate surface area is 212 Å². The van der Waals surface area contributed by atoms with Gasteiger partial charge in [-0.15, -0.1) is 0 Å². The molecule has 0 spiro atoms. The van der Waals surface area contributed by atoms with Gasteiger partial charge in [-0.25, -0.2) is 4.79 Å². The monoisotopic (exact) mass is 541 g/mol. The number of hydrogen-bond acceptors (Lipinski definition) is 3. The predicted molar refractivity (Wildman–Crippen MR) is 140 cm³/mol. The van der Waals surface area contributed by atoms with E-state index >= 15 is 0 Å². The Morgan fingerprint density at radius 2 is 1.15 bits per heavy atom. The summed E-state index contributed by atoms with van der Waals surface area (Å²) in [6.45, 7) is -3.06. The molecule has 0 saturated heterocycles. The van der Waals surface area contributed by atoms with Crippen LogP contribution in [0.4, 0.5) is 0 Å². The van der Waals surface area contributed by atoms with Gasteiger partial charge in [-0.1, -0.05) is 137 Å². The molecule has 4 nitrogen and oxygen atoms in total. The number of hydrogen-bond donors (Lipinski definition) is 1. The molecule has 3 aromatic carbocycles.